The SMILES string of the molecule is CCOC(=O)CCNc1nc(NC)nc(-n2ccnc2)n1. The maximum absolute atomic E-state index is 11.3. The average Bonchev–Trinajstić information content (AvgIpc) is 3.01. The number of ether oxygens (including phenoxy) is 1. The monoisotopic (exact) mass is 291 g/mol. The number of esters is 1. The zero-order valence-corrected chi connectivity index (χ0v) is 11.9. The Morgan fingerprint density at radius 1 is 1.33 bits per heavy atom. The summed E-state index contributed by atoms with van der Waals surface area (Å²) in [6.45, 7) is 2.53. The number of imidazole rings is 1. The molecule has 9 nitrogen and oxygen atoms in total. The van der Waals surface area contributed by atoms with Gasteiger partial charge in [-0.2, -0.15) is 15.0 Å². The smallest absolute Gasteiger partial charge is 0.307 e. The van der Waals surface area contributed by atoms with Crippen LogP contribution >= 0.6 is 0 Å². The summed E-state index contributed by atoms with van der Waals surface area (Å²) in [5.41, 5.74) is 0. The lowest BCUT2D eigenvalue weighted by molar-refractivity contribution is -0.142. The third-order valence-corrected chi connectivity index (χ3v) is 2.50. The van der Waals surface area contributed by atoms with Crippen molar-refractivity contribution in [3.63, 3.8) is 0 Å². The molecule has 21 heavy (non-hydrogen) atoms. The number of anilines is 2. The van der Waals surface area contributed by atoms with Gasteiger partial charge in [0.15, 0.2) is 0 Å². The van der Waals surface area contributed by atoms with E-state index in [1.165, 1.54) is 0 Å². The number of nitrogens with one attached hydrogen (secondary N) is 2. The second-order valence-electron chi connectivity index (χ2n) is 3.98. The Hall–Kier alpha value is -2.71. The van der Waals surface area contributed by atoms with E-state index in [4.69, 9.17) is 4.74 Å². The number of carbonyl (C=O) groups excluding carboxylic acids is 1. The number of rotatable bonds is 7. The summed E-state index contributed by atoms with van der Waals surface area (Å²) in [5.74, 6) is 0.975. The van der Waals surface area contributed by atoms with Gasteiger partial charge in [-0.15, -0.1) is 0 Å². The Balaban J connectivity index is 2.05. The van der Waals surface area contributed by atoms with E-state index in [1.54, 1.807) is 37.3 Å². The molecule has 9 heteroatoms. The number of nitrogens with zero attached hydrogens (tertiary/aromatic N) is 5. The van der Waals surface area contributed by atoms with Gasteiger partial charge in [-0.3, -0.25) is 9.36 Å². The van der Waals surface area contributed by atoms with Crippen molar-refractivity contribution in [3.8, 4) is 5.95 Å². The first-order chi connectivity index (χ1) is 10.2. The number of aromatic nitrogens is 5. The van der Waals surface area contributed by atoms with Crippen LogP contribution in [0.25, 0.3) is 5.95 Å². The second kappa shape index (κ2) is 7.17. The van der Waals surface area contributed by atoms with E-state index in [0.29, 0.717) is 31.0 Å². The predicted molar refractivity (Wildman–Crippen MR) is 76.2 cm³/mol. The summed E-state index contributed by atoms with van der Waals surface area (Å²) in [4.78, 5) is 27.9. The molecule has 0 unspecified atom stereocenters. The lowest BCUT2D eigenvalue weighted by Crippen LogP contribution is -2.15. The van der Waals surface area contributed by atoms with Gasteiger partial charge in [-0.05, 0) is 6.92 Å². The lowest BCUT2D eigenvalue weighted by Gasteiger charge is -2.08. The topological polar surface area (TPSA) is 107 Å². The summed E-state index contributed by atoms with van der Waals surface area (Å²) >= 11 is 0. The molecule has 0 radical (unpaired) electrons. The van der Waals surface area contributed by atoms with Gasteiger partial charge in [0, 0.05) is 26.0 Å². The number of hydrogen-bond donors (Lipinski definition) is 2. The zero-order chi connectivity index (χ0) is 15.1. The van der Waals surface area contributed by atoms with E-state index in [9.17, 15) is 4.79 Å². The highest BCUT2D eigenvalue weighted by molar-refractivity contribution is 5.69. The molecule has 2 aromatic rings. The minimum atomic E-state index is -0.261. The molecule has 2 heterocycles. The summed E-state index contributed by atoms with van der Waals surface area (Å²) < 4.78 is 6.52. The molecule has 0 fully saturated rings. The zero-order valence-electron chi connectivity index (χ0n) is 11.9. The molecule has 112 valence electrons. The Morgan fingerprint density at radius 2 is 2.14 bits per heavy atom. The summed E-state index contributed by atoms with van der Waals surface area (Å²) in [6, 6.07) is 0. The van der Waals surface area contributed by atoms with E-state index in [0.717, 1.165) is 0 Å². The van der Waals surface area contributed by atoms with Crippen LogP contribution in [0.5, 0.6) is 0 Å². The van der Waals surface area contributed by atoms with Crippen molar-refractivity contribution in [2.24, 2.45) is 0 Å². The van der Waals surface area contributed by atoms with Gasteiger partial charge >= 0.3 is 5.97 Å². The molecule has 0 atom stereocenters. The van der Waals surface area contributed by atoms with E-state index >= 15 is 0 Å². The Bertz CT molecular complexity index is 585. The molecule has 0 saturated carbocycles. The molecule has 0 aliphatic rings. The normalized spacial score (nSPS) is 10.2. The Labute approximate surface area is 121 Å². The van der Waals surface area contributed by atoms with Gasteiger partial charge in [-0.25, -0.2) is 4.98 Å². The van der Waals surface area contributed by atoms with Crippen LogP contribution in [-0.4, -0.2) is 50.7 Å². The lowest BCUT2D eigenvalue weighted by atomic mass is 10.4. The van der Waals surface area contributed by atoms with Crippen molar-refractivity contribution in [1.82, 2.24) is 24.5 Å². The van der Waals surface area contributed by atoms with Crippen molar-refractivity contribution in [1.29, 1.82) is 0 Å². The van der Waals surface area contributed by atoms with E-state index in [2.05, 4.69) is 30.6 Å². The maximum atomic E-state index is 11.3. The fourth-order valence-electron chi connectivity index (χ4n) is 1.56. The summed E-state index contributed by atoms with van der Waals surface area (Å²) in [7, 11) is 1.72. The first-order valence-electron chi connectivity index (χ1n) is 6.54. The first kappa shape index (κ1) is 14.7. The maximum Gasteiger partial charge on any atom is 0.307 e. The molecule has 0 saturated heterocycles. The molecule has 0 aliphatic heterocycles. The van der Waals surface area contributed by atoms with Gasteiger partial charge in [0.25, 0.3) is 0 Å². The van der Waals surface area contributed by atoms with E-state index in [-0.39, 0.29) is 12.4 Å². The van der Waals surface area contributed by atoms with Crippen molar-refractivity contribution in [2.75, 3.05) is 30.8 Å². The van der Waals surface area contributed by atoms with Crippen molar-refractivity contribution in [2.45, 2.75) is 13.3 Å². The van der Waals surface area contributed by atoms with Crippen LogP contribution in [-0.2, 0) is 9.53 Å². The predicted octanol–water partition coefficient (Wildman–Crippen LogP) is 0.464. The van der Waals surface area contributed by atoms with Gasteiger partial charge in [0.1, 0.15) is 6.33 Å². The standard InChI is InChI=1S/C12H17N7O2/c1-3-21-9(20)4-5-15-11-16-10(13-2)17-12(18-11)19-7-6-14-8-19/h6-8H,3-5H2,1-2H3,(H2,13,15,16,17,18). The average molecular weight is 291 g/mol. The number of carbonyl (C=O) groups is 1. The van der Waals surface area contributed by atoms with Gasteiger partial charge in [0.2, 0.25) is 17.8 Å². The van der Waals surface area contributed by atoms with Crippen molar-refractivity contribution in [3.05, 3.63) is 18.7 Å². The molecule has 2 rings (SSSR count). The summed E-state index contributed by atoms with van der Waals surface area (Å²) in [6.07, 6.45) is 5.21. The molecular weight excluding hydrogens is 274 g/mol. The van der Waals surface area contributed by atoms with Crippen LogP contribution in [0.3, 0.4) is 0 Å². The molecule has 0 aromatic carbocycles. The molecule has 2 aromatic heterocycles. The minimum absolute atomic E-state index is 0.245. The highest BCUT2D eigenvalue weighted by Gasteiger charge is 2.08. The third-order valence-electron chi connectivity index (χ3n) is 2.50. The molecule has 0 spiro atoms. The summed E-state index contributed by atoms with van der Waals surface area (Å²) in [5, 5.41) is 5.84. The van der Waals surface area contributed by atoms with Crippen LogP contribution < -0.4 is 10.6 Å². The largest absolute Gasteiger partial charge is 0.466 e. The molecule has 0 bridgehead atoms. The van der Waals surface area contributed by atoms with Crippen LogP contribution in [0.15, 0.2) is 18.7 Å². The van der Waals surface area contributed by atoms with Crippen LogP contribution in [0.2, 0.25) is 0 Å². The second-order valence-corrected chi connectivity index (χ2v) is 3.98. The fraction of sp³-hybridized carbons (Fsp3) is 0.417. The van der Waals surface area contributed by atoms with Gasteiger partial charge < -0.3 is 15.4 Å². The molecule has 0 aliphatic carbocycles. The quantitative estimate of drug-likeness (QED) is 0.709. The van der Waals surface area contributed by atoms with Crippen LogP contribution in [0, 0.1) is 0 Å². The molecule has 2 N–H and O–H groups in total. The van der Waals surface area contributed by atoms with E-state index in [1.807, 2.05) is 0 Å². The van der Waals surface area contributed by atoms with E-state index < -0.39 is 0 Å². The highest BCUT2D eigenvalue weighted by atomic mass is 16.5. The first-order valence-corrected chi connectivity index (χ1v) is 6.54. The highest BCUT2D eigenvalue weighted by Crippen LogP contribution is 2.08. The molecular formula is C12H17N7O2. The molecule has 0 amide bonds. The van der Waals surface area contributed by atoms with Crippen LogP contribution in [0.1, 0.15) is 13.3 Å². The van der Waals surface area contributed by atoms with Crippen LogP contribution in [0.4, 0.5) is 11.9 Å². The van der Waals surface area contributed by atoms with Gasteiger partial charge in [0.05, 0.1) is 13.0 Å². The number of hydrogen-bond acceptors (Lipinski definition) is 8. The minimum Gasteiger partial charge on any atom is -0.466 e. The Morgan fingerprint density at radius 3 is 2.81 bits per heavy atom. The fourth-order valence-corrected chi connectivity index (χ4v) is 1.56. The Kier molecular flexibility index (Phi) is 5.02. The van der Waals surface area contributed by atoms with Crippen molar-refractivity contribution < 1.29 is 9.53 Å². The third kappa shape index (κ3) is 4.13. The van der Waals surface area contributed by atoms with Crippen molar-refractivity contribution >= 4 is 17.9 Å². The van der Waals surface area contributed by atoms with Gasteiger partial charge in [-0.1, -0.05) is 0 Å².